The maximum absolute atomic E-state index is 12.0. The van der Waals surface area contributed by atoms with Crippen LogP contribution in [0.15, 0.2) is 24.3 Å². The number of benzene rings is 1. The van der Waals surface area contributed by atoms with Gasteiger partial charge in [0.25, 0.3) is 0 Å². The normalized spacial score (nSPS) is 16.3. The van der Waals surface area contributed by atoms with Crippen molar-refractivity contribution < 1.29 is 8.42 Å². The van der Waals surface area contributed by atoms with Crippen LogP contribution >= 0.6 is 0 Å². The Morgan fingerprint density at radius 3 is 2.47 bits per heavy atom. The van der Waals surface area contributed by atoms with Gasteiger partial charge in [0.1, 0.15) is 0 Å². The molecule has 4 nitrogen and oxygen atoms in total. The van der Waals surface area contributed by atoms with Crippen LogP contribution in [0.2, 0.25) is 0 Å². The Morgan fingerprint density at radius 1 is 1.21 bits per heavy atom. The van der Waals surface area contributed by atoms with Crippen LogP contribution in [0, 0.1) is 5.92 Å². The van der Waals surface area contributed by atoms with Crippen LogP contribution in [0.3, 0.4) is 0 Å². The van der Waals surface area contributed by atoms with Gasteiger partial charge in [-0.05, 0) is 23.5 Å². The molecule has 0 amide bonds. The second kappa shape index (κ2) is 6.50. The van der Waals surface area contributed by atoms with E-state index in [1.165, 1.54) is 19.3 Å². The Morgan fingerprint density at radius 2 is 1.89 bits per heavy atom. The van der Waals surface area contributed by atoms with Gasteiger partial charge in [-0.3, -0.25) is 0 Å². The minimum absolute atomic E-state index is 0.0189. The molecule has 1 aliphatic carbocycles. The molecule has 3 N–H and O–H groups in total. The fourth-order valence-electron chi connectivity index (χ4n) is 2.35. The molecule has 106 valence electrons. The van der Waals surface area contributed by atoms with Crippen molar-refractivity contribution in [3.8, 4) is 0 Å². The summed E-state index contributed by atoms with van der Waals surface area (Å²) in [6.07, 6.45) is 4.74. The van der Waals surface area contributed by atoms with E-state index < -0.39 is 10.0 Å². The van der Waals surface area contributed by atoms with Gasteiger partial charge in [0.2, 0.25) is 10.0 Å². The summed E-state index contributed by atoms with van der Waals surface area (Å²) in [6.45, 7) is 0.922. The van der Waals surface area contributed by atoms with Crippen molar-refractivity contribution in [2.75, 3.05) is 6.54 Å². The minimum atomic E-state index is -3.25. The summed E-state index contributed by atoms with van der Waals surface area (Å²) < 4.78 is 26.7. The summed E-state index contributed by atoms with van der Waals surface area (Å²) in [6, 6.07) is 7.42. The molecule has 0 radical (unpaired) electrons. The lowest BCUT2D eigenvalue weighted by atomic mass is 9.83. The highest BCUT2D eigenvalue weighted by atomic mass is 32.2. The molecule has 19 heavy (non-hydrogen) atoms. The van der Waals surface area contributed by atoms with E-state index in [1.54, 1.807) is 0 Å². The Bertz CT molecular complexity index is 510. The molecule has 1 fully saturated rings. The molecule has 0 aromatic heterocycles. The first-order valence-corrected chi connectivity index (χ1v) is 8.50. The van der Waals surface area contributed by atoms with Crippen LogP contribution in [0.25, 0.3) is 0 Å². The molecule has 1 aliphatic rings. The molecule has 1 saturated carbocycles. The van der Waals surface area contributed by atoms with E-state index in [4.69, 9.17) is 5.73 Å². The highest BCUT2D eigenvalue weighted by molar-refractivity contribution is 7.88. The van der Waals surface area contributed by atoms with Gasteiger partial charge in [0.05, 0.1) is 5.75 Å². The first-order chi connectivity index (χ1) is 9.11. The summed E-state index contributed by atoms with van der Waals surface area (Å²) in [5, 5.41) is 0. The van der Waals surface area contributed by atoms with Crippen LogP contribution in [0.4, 0.5) is 0 Å². The molecule has 1 aromatic carbocycles. The molecule has 5 heteroatoms. The van der Waals surface area contributed by atoms with Crippen molar-refractivity contribution in [2.45, 2.75) is 38.0 Å². The Balaban J connectivity index is 1.88. The lowest BCUT2D eigenvalue weighted by molar-refractivity contribution is 0.297. The van der Waals surface area contributed by atoms with Crippen molar-refractivity contribution >= 4 is 10.0 Å². The zero-order chi connectivity index (χ0) is 13.7. The zero-order valence-corrected chi connectivity index (χ0v) is 12.0. The number of nitrogens with two attached hydrogens (primary N) is 1. The Kier molecular flexibility index (Phi) is 4.96. The maximum atomic E-state index is 12.0. The summed E-state index contributed by atoms with van der Waals surface area (Å²) in [7, 11) is -3.25. The molecule has 0 bridgehead atoms. The molecule has 2 rings (SSSR count). The van der Waals surface area contributed by atoms with Crippen molar-refractivity contribution in [3.63, 3.8) is 0 Å². The SMILES string of the molecule is NCc1ccccc1CS(=O)(=O)NCCC1CCC1. The maximum Gasteiger partial charge on any atom is 0.215 e. The molecule has 0 unspecified atom stereocenters. The second-order valence-corrected chi connectivity index (χ2v) is 7.02. The van der Waals surface area contributed by atoms with Crippen LogP contribution < -0.4 is 10.5 Å². The minimum Gasteiger partial charge on any atom is -0.326 e. The van der Waals surface area contributed by atoms with Crippen molar-refractivity contribution in [3.05, 3.63) is 35.4 Å². The highest BCUT2D eigenvalue weighted by Crippen LogP contribution is 2.28. The van der Waals surface area contributed by atoms with Gasteiger partial charge in [0, 0.05) is 13.1 Å². The van der Waals surface area contributed by atoms with Crippen LogP contribution in [-0.4, -0.2) is 15.0 Å². The van der Waals surface area contributed by atoms with Gasteiger partial charge >= 0.3 is 0 Å². The van der Waals surface area contributed by atoms with Crippen molar-refractivity contribution in [2.24, 2.45) is 11.7 Å². The molecule has 0 spiro atoms. The molecule has 0 saturated heterocycles. The topological polar surface area (TPSA) is 72.2 Å². The monoisotopic (exact) mass is 282 g/mol. The first-order valence-electron chi connectivity index (χ1n) is 6.85. The zero-order valence-electron chi connectivity index (χ0n) is 11.1. The third-order valence-corrected chi connectivity index (χ3v) is 5.12. The standard InChI is InChI=1S/C14H22N2O2S/c15-10-13-6-1-2-7-14(13)11-19(17,18)16-9-8-12-4-3-5-12/h1-2,6-7,12,16H,3-5,8-11,15H2. The van der Waals surface area contributed by atoms with E-state index in [-0.39, 0.29) is 5.75 Å². The third-order valence-electron chi connectivity index (χ3n) is 3.78. The third kappa shape index (κ3) is 4.30. The summed E-state index contributed by atoms with van der Waals surface area (Å²) in [5.41, 5.74) is 7.31. The Hall–Kier alpha value is -0.910. The van der Waals surface area contributed by atoms with Gasteiger partial charge in [-0.1, -0.05) is 43.5 Å². The number of sulfonamides is 1. The van der Waals surface area contributed by atoms with Crippen molar-refractivity contribution in [1.29, 1.82) is 0 Å². The van der Waals surface area contributed by atoms with Gasteiger partial charge in [-0.25, -0.2) is 13.1 Å². The van der Waals surface area contributed by atoms with Gasteiger partial charge in [-0.2, -0.15) is 0 Å². The van der Waals surface area contributed by atoms with Crippen molar-refractivity contribution in [1.82, 2.24) is 4.72 Å². The largest absolute Gasteiger partial charge is 0.326 e. The lowest BCUT2D eigenvalue weighted by Gasteiger charge is -2.25. The average Bonchev–Trinajstić information content (AvgIpc) is 2.32. The fourth-order valence-corrected chi connectivity index (χ4v) is 3.58. The predicted octanol–water partition coefficient (Wildman–Crippen LogP) is 1.75. The average molecular weight is 282 g/mol. The van der Waals surface area contributed by atoms with E-state index >= 15 is 0 Å². The first kappa shape index (κ1) is 14.5. The molecular formula is C14H22N2O2S. The van der Waals surface area contributed by atoms with Gasteiger partial charge in [0.15, 0.2) is 0 Å². The van der Waals surface area contributed by atoms with E-state index in [0.717, 1.165) is 23.5 Å². The summed E-state index contributed by atoms with van der Waals surface area (Å²) in [5.74, 6) is 0.740. The van der Waals surface area contributed by atoms with Crippen LogP contribution in [-0.2, 0) is 22.3 Å². The van der Waals surface area contributed by atoms with Gasteiger partial charge in [-0.15, -0.1) is 0 Å². The number of hydrogen-bond acceptors (Lipinski definition) is 3. The number of hydrogen-bond donors (Lipinski definition) is 2. The van der Waals surface area contributed by atoms with E-state index in [9.17, 15) is 8.42 Å². The van der Waals surface area contributed by atoms with Crippen LogP contribution in [0.5, 0.6) is 0 Å². The van der Waals surface area contributed by atoms with E-state index in [0.29, 0.717) is 13.1 Å². The number of rotatable bonds is 7. The van der Waals surface area contributed by atoms with E-state index in [2.05, 4.69) is 4.72 Å². The molecule has 0 aliphatic heterocycles. The Labute approximate surface area is 115 Å². The second-order valence-electron chi connectivity index (χ2n) is 5.21. The van der Waals surface area contributed by atoms with Gasteiger partial charge < -0.3 is 5.73 Å². The summed E-state index contributed by atoms with van der Waals surface area (Å²) in [4.78, 5) is 0. The molecular weight excluding hydrogens is 260 g/mol. The van der Waals surface area contributed by atoms with Crippen LogP contribution in [0.1, 0.15) is 36.8 Å². The quantitative estimate of drug-likeness (QED) is 0.800. The molecule has 0 heterocycles. The molecule has 0 atom stereocenters. The predicted molar refractivity (Wildman–Crippen MR) is 76.9 cm³/mol. The molecule has 1 aromatic rings. The summed E-state index contributed by atoms with van der Waals surface area (Å²) >= 11 is 0. The fraction of sp³-hybridized carbons (Fsp3) is 0.571. The smallest absolute Gasteiger partial charge is 0.215 e. The highest BCUT2D eigenvalue weighted by Gasteiger charge is 2.18. The lowest BCUT2D eigenvalue weighted by Crippen LogP contribution is -2.29. The van der Waals surface area contributed by atoms with E-state index in [1.807, 2.05) is 24.3 Å². The number of nitrogens with one attached hydrogen (secondary N) is 1.